The number of nitrogens with zero attached hydrogens (tertiary/aromatic N) is 1. The molecule has 63 valence electrons. The van der Waals surface area contributed by atoms with E-state index in [1.165, 1.54) is 25.1 Å². The topological polar surface area (TPSA) is 3.24 Å². The Hall–Kier alpha value is -0.820. The number of likely N-dealkylation sites (tertiary alicyclic amines) is 1. The molecule has 0 aromatic heterocycles. The maximum absolute atomic E-state index is 3.13. The highest BCUT2D eigenvalue weighted by Crippen LogP contribution is 2.25. The Bertz CT molecular complexity index is 242. The normalized spacial score (nSPS) is 24.6. The van der Waals surface area contributed by atoms with Crippen LogP contribution in [0.25, 0.3) is 0 Å². The molecule has 1 aliphatic rings. The van der Waals surface area contributed by atoms with Crippen LogP contribution in [0.4, 0.5) is 0 Å². The first kappa shape index (κ1) is 7.81. The molecule has 1 heteroatoms. The lowest BCUT2D eigenvalue weighted by molar-refractivity contribution is 0.411. The summed E-state index contributed by atoms with van der Waals surface area (Å²) in [4.78, 5) is 2.39. The molecule has 1 heterocycles. The van der Waals surface area contributed by atoms with E-state index < -0.39 is 0 Å². The minimum atomic E-state index is 0.743. The van der Waals surface area contributed by atoms with Crippen molar-refractivity contribution in [2.45, 2.75) is 12.3 Å². The maximum atomic E-state index is 3.13. The van der Waals surface area contributed by atoms with Gasteiger partial charge in [0.15, 0.2) is 0 Å². The van der Waals surface area contributed by atoms with Crippen LogP contribution in [0.5, 0.6) is 0 Å². The number of rotatable bonds is 1. The van der Waals surface area contributed by atoms with Gasteiger partial charge >= 0.3 is 0 Å². The molecule has 0 bridgehead atoms. The molecule has 0 unspecified atom stereocenters. The van der Waals surface area contributed by atoms with Gasteiger partial charge in [0.1, 0.15) is 0 Å². The molecule has 2 rings (SSSR count). The molecule has 12 heavy (non-hydrogen) atoms. The molecule has 0 N–H and O–H groups in total. The van der Waals surface area contributed by atoms with Gasteiger partial charge in [-0.15, -0.1) is 0 Å². The molecule has 1 saturated heterocycles. The van der Waals surface area contributed by atoms with E-state index in [4.69, 9.17) is 0 Å². The minimum absolute atomic E-state index is 0.743. The Labute approximate surface area is 74.0 Å². The summed E-state index contributed by atoms with van der Waals surface area (Å²) in [6.45, 7) is 2.44. The van der Waals surface area contributed by atoms with Gasteiger partial charge in [0, 0.05) is 6.54 Å². The van der Waals surface area contributed by atoms with Gasteiger partial charge in [-0.2, -0.15) is 0 Å². The van der Waals surface area contributed by atoms with Gasteiger partial charge in [0.05, 0.1) is 0 Å². The van der Waals surface area contributed by atoms with Crippen molar-refractivity contribution in [2.75, 3.05) is 20.1 Å². The monoisotopic (exact) mass is 160 g/mol. The van der Waals surface area contributed by atoms with Gasteiger partial charge in [-0.3, -0.25) is 0 Å². The first-order valence-electron chi connectivity index (χ1n) is 4.51. The summed E-state index contributed by atoms with van der Waals surface area (Å²) in [6, 6.07) is 11.5. The molecule has 1 aromatic rings. The van der Waals surface area contributed by atoms with Crippen LogP contribution in [0.15, 0.2) is 24.3 Å². The molecule has 0 amide bonds. The Balaban J connectivity index is 2.11. The van der Waals surface area contributed by atoms with E-state index in [1.807, 2.05) is 6.07 Å². The molecule has 1 radical (unpaired) electrons. The highest BCUT2D eigenvalue weighted by Gasteiger charge is 2.20. The zero-order chi connectivity index (χ0) is 8.39. The fraction of sp³-hybridized carbons (Fsp3) is 0.455. The molecule has 1 aliphatic heterocycles. The first-order chi connectivity index (χ1) is 5.86. The standard InChI is InChI=1S/C11H14N/c1-12-8-7-11(9-12)10-5-3-2-4-6-10/h2-3,5-6,11H,7-9H2,1H3/t11-/m1/s1. The summed E-state index contributed by atoms with van der Waals surface area (Å²) in [6.07, 6.45) is 1.30. The Kier molecular flexibility index (Phi) is 2.13. The lowest BCUT2D eigenvalue weighted by atomic mass is 9.99. The maximum Gasteiger partial charge on any atom is 0.00477 e. The molecule has 1 atom stereocenters. The van der Waals surface area contributed by atoms with E-state index in [2.05, 4.69) is 36.2 Å². The van der Waals surface area contributed by atoms with Gasteiger partial charge in [0.2, 0.25) is 0 Å². The van der Waals surface area contributed by atoms with E-state index in [0.29, 0.717) is 0 Å². The highest BCUT2D eigenvalue weighted by molar-refractivity contribution is 5.20. The van der Waals surface area contributed by atoms with Gasteiger partial charge in [-0.05, 0) is 37.6 Å². The third kappa shape index (κ3) is 1.51. The van der Waals surface area contributed by atoms with E-state index in [1.54, 1.807) is 0 Å². The molecule has 1 nitrogen and oxygen atoms in total. The summed E-state index contributed by atoms with van der Waals surface area (Å²) < 4.78 is 0. The summed E-state index contributed by atoms with van der Waals surface area (Å²) in [5.41, 5.74) is 1.45. The van der Waals surface area contributed by atoms with E-state index in [9.17, 15) is 0 Å². The van der Waals surface area contributed by atoms with Gasteiger partial charge in [-0.25, -0.2) is 0 Å². The van der Waals surface area contributed by atoms with Crippen molar-refractivity contribution >= 4 is 0 Å². The zero-order valence-electron chi connectivity index (χ0n) is 7.46. The zero-order valence-corrected chi connectivity index (χ0v) is 7.46. The summed E-state index contributed by atoms with van der Waals surface area (Å²) in [5, 5.41) is 0. The van der Waals surface area contributed by atoms with E-state index in [-0.39, 0.29) is 0 Å². The predicted molar refractivity (Wildman–Crippen MR) is 50.1 cm³/mol. The number of hydrogen-bond donors (Lipinski definition) is 0. The average Bonchev–Trinajstić information content (AvgIpc) is 2.54. The highest BCUT2D eigenvalue weighted by atomic mass is 15.1. The van der Waals surface area contributed by atoms with Gasteiger partial charge < -0.3 is 4.90 Å². The second kappa shape index (κ2) is 3.28. The lowest BCUT2D eigenvalue weighted by Crippen LogP contribution is -2.13. The second-order valence-corrected chi connectivity index (χ2v) is 3.58. The summed E-state index contributed by atoms with van der Waals surface area (Å²) >= 11 is 0. The molecule has 0 aliphatic carbocycles. The van der Waals surface area contributed by atoms with Crippen molar-refractivity contribution in [1.29, 1.82) is 0 Å². The Morgan fingerprint density at radius 2 is 2.50 bits per heavy atom. The minimum Gasteiger partial charge on any atom is -0.306 e. The third-order valence-electron chi connectivity index (χ3n) is 2.59. The van der Waals surface area contributed by atoms with Crippen LogP contribution >= 0.6 is 0 Å². The molecule has 1 aromatic carbocycles. The van der Waals surface area contributed by atoms with E-state index in [0.717, 1.165) is 5.92 Å². The summed E-state index contributed by atoms with van der Waals surface area (Å²) in [7, 11) is 2.19. The van der Waals surface area contributed by atoms with Crippen LogP contribution in [-0.4, -0.2) is 25.0 Å². The second-order valence-electron chi connectivity index (χ2n) is 3.58. The fourth-order valence-corrected chi connectivity index (χ4v) is 1.87. The van der Waals surface area contributed by atoms with Gasteiger partial charge in [-0.1, -0.05) is 24.3 Å². The number of benzene rings is 1. The molecule has 1 fully saturated rings. The first-order valence-corrected chi connectivity index (χ1v) is 4.51. The molecular weight excluding hydrogens is 146 g/mol. The van der Waals surface area contributed by atoms with E-state index >= 15 is 0 Å². The van der Waals surface area contributed by atoms with Crippen molar-refractivity contribution < 1.29 is 0 Å². The SMILES string of the molecule is CN1CC[C@@H](c2c[c]ccc2)C1. The van der Waals surface area contributed by atoms with Crippen LogP contribution < -0.4 is 0 Å². The number of likely N-dealkylation sites (N-methyl/N-ethyl adjacent to an activating group) is 1. The predicted octanol–water partition coefficient (Wildman–Crippen LogP) is 1.91. The fourth-order valence-electron chi connectivity index (χ4n) is 1.87. The number of hydrogen-bond acceptors (Lipinski definition) is 1. The Morgan fingerprint density at radius 1 is 1.58 bits per heavy atom. The van der Waals surface area contributed by atoms with Crippen LogP contribution in [-0.2, 0) is 0 Å². The Morgan fingerprint density at radius 3 is 3.08 bits per heavy atom. The van der Waals surface area contributed by atoms with Crippen LogP contribution in [0.1, 0.15) is 17.9 Å². The molecular formula is C11H14N. The molecule has 0 saturated carbocycles. The van der Waals surface area contributed by atoms with Crippen molar-refractivity contribution in [3.63, 3.8) is 0 Å². The van der Waals surface area contributed by atoms with Crippen LogP contribution in [0, 0.1) is 6.07 Å². The smallest absolute Gasteiger partial charge is 0.00477 e. The lowest BCUT2D eigenvalue weighted by Gasteiger charge is -2.09. The van der Waals surface area contributed by atoms with Crippen LogP contribution in [0.3, 0.4) is 0 Å². The van der Waals surface area contributed by atoms with Crippen molar-refractivity contribution in [3.8, 4) is 0 Å². The molecule has 0 spiro atoms. The third-order valence-corrected chi connectivity index (χ3v) is 2.59. The van der Waals surface area contributed by atoms with Crippen LogP contribution in [0.2, 0.25) is 0 Å². The van der Waals surface area contributed by atoms with Crippen molar-refractivity contribution in [2.24, 2.45) is 0 Å². The largest absolute Gasteiger partial charge is 0.306 e. The van der Waals surface area contributed by atoms with Gasteiger partial charge in [0.25, 0.3) is 0 Å². The summed E-state index contributed by atoms with van der Waals surface area (Å²) in [5.74, 6) is 0.743. The van der Waals surface area contributed by atoms with Crippen molar-refractivity contribution in [1.82, 2.24) is 4.90 Å². The quantitative estimate of drug-likeness (QED) is 0.606. The van der Waals surface area contributed by atoms with Crippen molar-refractivity contribution in [3.05, 3.63) is 35.9 Å². The average molecular weight is 160 g/mol.